The third-order valence-electron chi connectivity index (χ3n) is 3.48. The number of H-pyrrole nitrogens is 2. The number of aromatic amines is 2. The van der Waals surface area contributed by atoms with Crippen LogP contribution in [0, 0.1) is 0 Å². The highest BCUT2D eigenvalue weighted by atomic mass is 14.8. The van der Waals surface area contributed by atoms with E-state index in [0.717, 1.165) is 28.2 Å². The van der Waals surface area contributed by atoms with Crippen LogP contribution in [0.2, 0.25) is 0 Å². The Morgan fingerprint density at radius 2 is 1.65 bits per heavy atom. The van der Waals surface area contributed by atoms with E-state index in [0.29, 0.717) is 0 Å². The maximum Gasteiger partial charge on any atom is 0.0630 e. The molecule has 3 nitrogen and oxygen atoms in total. The minimum atomic E-state index is 1.08. The van der Waals surface area contributed by atoms with Crippen LogP contribution in [-0.4, -0.2) is 15.0 Å². The van der Waals surface area contributed by atoms with Crippen LogP contribution in [0.3, 0.4) is 0 Å². The van der Waals surface area contributed by atoms with Gasteiger partial charge in [0.15, 0.2) is 0 Å². The lowest BCUT2D eigenvalue weighted by atomic mass is 10.2. The van der Waals surface area contributed by atoms with Gasteiger partial charge >= 0.3 is 0 Å². The van der Waals surface area contributed by atoms with Gasteiger partial charge in [-0.05, 0) is 36.4 Å². The summed E-state index contributed by atoms with van der Waals surface area (Å²) < 4.78 is 0. The molecule has 4 rings (SSSR count). The Balaban J connectivity index is 1.78. The van der Waals surface area contributed by atoms with Crippen LogP contribution in [0.25, 0.3) is 33.5 Å². The first-order valence-corrected chi connectivity index (χ1v) is 6.58. The molecule has 3 aromatic heterocycles. The van der Waals surface area contributed by atoms with Gasteiger partial charge in [0, 0.05) is 34.6 Å². The van der Waals surface area contributed by atoms with Crippen molar-refractivity contribution in [3.63, 3.8) is 0 Å². The summed E-state index contributed by atoms with van der Waals surface area (Å²) >= 11 is 0. The Kier molecular flexibility index (Phi) is 2.42. The van der Waals surface area contributed by atoms with Crippen molar-refractivity contribution in [1.82, 2.24) is 15.0 Å². The van der Waals surface area contributed by atoms with Crippen molar-refractivity contribution in [2.24, 2.45) is 0 Å². The topological polar surface area (TPSA) is 44.5 Å². The van der Waals surface area contributed by atoms with Crippen LogP contribution >= 0.6 is 0 Å². The summed E-state index contributed by atoms with van der Waals surface area (Å²) in [7, 11) is 0. The standard InChI is InChI=1S/C17H13N3/c1-2-6-14-12(4-1)10-17(20-14)16-8-7-15(19-16)13-5-3-9-18-11-13/h1-11,19-20H. The van der Waals surface area contributed by atoms with Crippen LogP contribution < -0.4 is 0 Å². The molecule has 2 N–H and O–H groups in total. The average molecular weight is 259 g/mol. The third-order valence-corrected chi connectivity index (χ3v) is 3.48. The van der Waals surface area contributed by atoms with Crippen molar-refractivity contribution in [1.29, 1.82) is 0 Å². The smallest absolute Gasteiger partial charge is 0.0630 e. The largest absolute Gasteiger partial charge is 0.353 e. The number of pyridine rings is 1. The van der Waals surface area contributed by atoms with Crippen LogP contribution in [0.1, 0.15) is 0 Å². The number of hydrogen-bond acceptors (Lipinski definition) is 1. The molecular weight excluding hydrogens is 246 g/mol. The van der Waals surface area contributed by atoms with Crippen molar-refractivity contribution < 1.29 is 0 Å². The van der Waals surface area contributed by atoms with Crippen molar-refractivity contribution in [2.75, 3.05) is 0 Å². The van der Waals surface area contributed by atoms with Gasteiger partial charge in [-0.1, -0.05) is 18.2 Å². The number of fused-ring (bicyclic) bond motifs is 1. The van der Waals surface area contributed by atoms with Gasteiger partial charge in [-0.2, -0.15) is 0 Å². The first-order valence-electron chi connectivity index (χ1n) is 6.58. The van der Waals surface area contributed by atoms with E-state index in [9.17, 15) is 0 Å². The fraction of sp³-hybridized carbons (Fsp3) is 0. The number of rotatable bonds is 2. The highest BCUT2D eigenvalue weighted by Crippen LogP contribution is 2.26. The molecule has 3 heteroatoms. The lowest BCUT2D eigenvalue weighted by Gasteiger charge is -1.96. The average Bonchev–Trinajstić information content (AvgIpc) is 3.14. The maximum atomic E-state index is 4.15. The molecule has 0 aliphatic heterocycles. The van der Waals surface area contributed by atoms with E-state index in [4.69, 9.17) is 0 Å². The molecule has 0 saturated heterocycles. The van der Waals surface area contributed by atoms with Gasteiger partial charge < -0.3 is 9.97 Å². The van der Waals surface area contributed by atoms with Crippen LogP contribution in [0.5, 0.6) is 0 Å². The molecule has 4 aromatic rings. The van der Waals surface area contributed by atoms with E-state index >= 15 is 0 Å². The Bertz CT molecular complexity index is 823. The Hall–Kier alpha value is -2.81. The summed E-state index contributed by atoms with van der Waals surface area (Å²) in [6.07, 6.45) is 3.64. The van der Waals surface area contributed by atoms with E-state index in [1.807, 2.05) is 24.4 Å². The number of para-hydroxylation sites is 1. The fourth-order valence-corrected chi connectivity index (χ4v) is 2.46. The van der Waals surface area contributed by atoms with E-state index < -0.39 is 0 Å². The summed E-state index contributed by atoms with van der Waals surface area (Å²) in [6, 6.07) is 18.6. The summed E-state index contributed by atoms with van der Waals surface area (Å²) in [5, 5.41) is 1.22. The van der Waals surface area contributed by atoms with E-state index in [2.05, 4.69) is 51.4 Å². The summed E-state index contributed by atoms with van der Waals surface area (Å²) in [5.41, 5.74) is 5.50. The number of nitrogens with one attached hydrogen (secondary N) is 2. The minimum Gasteiger partial charge on any atom is -0.353 e. The fourth-order valence-electron chi connectivity index (χ4n) is 2.46. The number of aromatic nitrogens is 3. The molecule has 0 spiro atoms. The third kappa shape index (κ3) is 1.80. The second-order valence-electron chi connectivity index (χ2n) is 4.80. The van der Waals surface area contributed by atoms with Crippen LogP contribution in [0.15, 0.2) is 67.0 Å². The predicted molar refractivity (Wildman–Crippen MR) is 81.3 cm³/mol. The molecule has 3 heterocycles. The second kappa shape index (κ2) is 4.38. The molecule has 0 radical (unpaired) electrons. The maximum absolute atomic E-state index is 4.15. The molecule has 0 amide bonds. The molecular formula is C17H13N3. The van der Waals surface area contributed by atoms with Crippen LogP contribution in [-0.2, 0) is 0 Å². The van der Waals surface area contributed by atoms with Gasteiger partial charge in [0.1, 0.15) is 0 Å². The van der Waals surface area contributed by atoms with E-state index in [1.165, 1.54) is 5.39 Å². The molecule has 0 aliphatic rings. The van der Waals surface area contributed by atoms with Gasteiger partial charge in [-0.3, -0.25) is 4.98 Å². The highest BCUT2D eigenvalue weighted by Gasteiger charge is 2.06. The van der Waals surface area contributed by atoms with Crippen molar-refractivity contribution in [3.8, 4) is 22.6 Å². The number of benzene rings is 1. The molecule has 1 aromatic carbocycles. The Labute approximate surface area is 116 Å². The predicted octanol–water partition coefficient (Wildman–Crippen LogP) is 4.23. The number of nitrogens with zero attached hydrogens (tertiary/aromatic N) is 1. The van der Waals surface area contributed by atoms with Crippen LogP contribution in [0.4, 0.5) is 0 Å². The molecule has 0 atom stereocenters. The lowest BCUT2D eigenvalue weighted by molar-refractivity contribution is 1.30. The van der Waals surface area contributed by atoms with Gasteiger partial charge in [0.05, 0.1) is 11.4 Å². The van der Waals surface area contributed by atoms with Gasteiger partial charge in [-0.15, -0.1) is 0 Å². The van der Waals surface area contributed by atoms with E-state index in [-0.39, 0.29) is 0 Å². The zero-order valence-electron chi connectivity index (χ0n) is 10.8. The van der Waals surface area contributed by atoms with Crippen molar-refractivity contribution in [2.45, 2.75) is 0 Å². The molecule has 96 valence electrons. The molecule has 0 aliphatic carbocycles. The van der Waals surface area contributed by atoms with Gasteiger partial charge in [0.2, 0.25) is 0 Å². The first-order chi connectivity index (χ1) is 9.90. The highest BCUT2D eigenvalue weighted by molar-refractivity contribution is 5.85. The number of hydrogen-bond donors (Lipinski definition) is 2. The second-order valence-corrected chi connectivity index (χ2v) is 4.80. The zero-order chi connectivity index (χ0) is 13.4. The van der Waals surface area contributed by atoms with Gasteiger partial charge in [0.25, 0.3) is 0 Å². The molecule has 0 fully saturated rings. The van der Waals surface area contributed by atoms with Crippen molar-refractivity contribution >= 4 is 10.9 Å². The Morgan fingerprint density at radius 3 is 2.50 bits per heavy atom. The monoisotopic (exact) mass is 259 g/mol. The quantitative estimate of drug-likeness (QED) is 0.556. The van der Waals surface area contributed by atoms with Crippen molar-refractivity contribution in [3.05, 3.63) is 67.0 Å². The zero-order valence-corrected chi connectivity index (χ0v) is 10.8. The summed E-state index contributed by atoms with van der Waals surface area (Å²) in [4.78, 5) is 11.0. The normalized spacial score (nSPS) is 11.0. The molecule has 0 saturated carbocycles. The van der Waals surface area contributed by atoms with E-state index in [1.54, 1.807) is 6.20 Å². The molecule has 0 bridgehead atoms. The minimum absolute atomic E-state index is 1.08. The lowest BCUT2D eigenvalue weighted by Crippen LogP contribution is -1.80. The molecule has 20 heavy (non-hydrogen) atoms. The van der Waals surface area contributed by atoms with Gasteiger partial charge in [-0.25, -0.2) is 0 Å². The summed E-state index contributed by atoms with van der Waals surface area (Å²) in [6.45, 7) is 0. The Morgan fingerprint density at radius 1 is 0.750 bits per heavy atom. The summed E-state index contributed by atoms with van der Waals surface area (Å²) in [5.74, 6) is 0. The molecule has 0 unspecified atom stereocenters. The SMILES string of the molecule is c1cncc(-c2ccc(-c3cc4ccccc4[nH]3)[nH]2)c1. The first kappa shape index (κ1) is 11.1.